The van der Waals surface area contributed by atoms with Crippen molar-refractivity contribution >= 4 is 40.2 Å². The predicted molar refractivity (Wildman–Crippen MR) is 105 cm³/mol. The number of nitrogens with zero attached hydrogens (tertiary/aromatic N) is 1. The number of carbonyl (C=O) groups excluding carboxylic acids is 1. The van der Waals surface area contributed by atoms with Crippen molar-refractivity contribution in [3.05, 3.63) is 53.6 Å². The molecule has 1 fully saturated rings. The number of carboxylic acids is 1. The van der Waals surface area contributed by atoms with Crippen molar-refractivity contribution in [2.75, 3.05) is 22.8 Å². The standard InChI is InChI=1S/C19H18F2N2O6S/c20-15-10-17(16(21)9-14(15)19(25)26)23(30(27)28)13-3-1-12(2-4-13)22-18(24)11-5-7-29-8-6-11/h1-4,9-11H,5-8H2,(H,22,24)(H,25,26)(H,27,28). The minimum absolute atomic E-state index is 0.0290. The highest BCUT2D eigenvalue weighted by Crippen LogP contribution is 2.32. The molecule has 1 unspecified atom stereocenters. The molecule has 160 valence electrons. The SMILES string of the molecule is O=C(O)c1cc(F)c(N(c2ccc(NC(=O)C3CCOCC3)cc2)S(=O)O)cc1F. The van der Waals surface area contributed by atoms with Gasteiger partial charge in [0.15, 0.2) is 0 Å². The van der Waals surface area contributed by atoms with Crippen molar-refractivity contribution in [3.8, 4) is 0 Å². The minimum Gasteiger partial charge on any atom is -0.478 e. The molecule has 1 heterocycles. The van der Waals surface area contributed by atoms with Crippen LogP contribution in [0.15, 0.2) is 36.4 Å². The molecule has 0 aromatic heterocycles. The molecule has 11 heteroatoms. The molecule has 0 radical (unpaired) electrons. The van der Waals surface area contributed by atoms with Gasteiger partial charge in [0.2, 0.25) is 5.91 Å². The van der Waals surface area contributed by atoms with Crippen LogP contribution >= 0.6 is 0 Å². The molecule has 3 rings (SSSR count). The van der Waals surface area contributed by atoms with E-state index in [9.17, 15) is 27.1 Å². The van der Waals surface area contributed by atoms with Crippen LogP contribution in [0.1, 0.15) is 23.2 Å². The highest BCUT2D eigenvalue weighted by atomic mass is 32.2. The van der Waals surface area contributed by atoms with Crippen LogP contribution in [0.3, 0.4) is 0 Å². The Bertz CT molecular complexity index is 980. The molecule has 3 N–H and O–H groups in total. The number of nitrogens with one attached hydrogen (secondary N) is 1. The number of benzene rings is 2. The Morgan fingerprint density at radius 1 is 1.10 bits per heavy atom. The molecule has 2 aromatic carbocycles. The van der Waals surface area contributed by atoms with Gasteiger partial charge in [-0.3, -0.25) is 9.35 Å². The first-order valence-electron chi connectivity index (χ1n) is 8.90. The van der Waals surface area contributed by atoms with E-state index in [-0.39, 0.29) is 17.5 Å². The average molecular weight is 440 g/mol. The zero-order valence-corrected chi connectivity index (χ0v) is 16.3. The summed E-state index contributed by atoms with van der Waals surface area (Å²) in [5.41, 5.74) is -1.06. The monoisotopic (exact) mass is 440 g/mol. The van der Waals surface area contributed by atoms with Gasteiger partial charge in [0.1, 0.15) is 11.6 Å². The molecule has 1 aliphatic rings. The van der Waals surface area contributed by atoms with E-state index >= 15 is 0 Å². The fourth-order valence-corrected chi connectivity index (χ4v) is 3.66. The summed E-state index contributed by atoms with van der Waals surface area (Å²) in [5.74, 6) is -4.46. The quantitative estimate of drug-likeness (QED) is 0.594. The molecule has 2 aromatic rings. The lowest BCUT2D eigenvalue weighted by Crippen LogP contribution is -2.28. The van der Waals surface area contributed by atoms with E-state index < -0.39 is 40.1 Å². The molecule has 0 spiro atoms. The minimum atomic E-state index is -2.78. The molecule has 30 heavy (non-hydrogen) atoms. The molecular weight excluding hydrogens is 422 g/mol. The summed E-state index contributed by atoms with van der Waals surface area (Å²) >= 11 is -2.78. The fourth-order valence-electron chi connectivity index (χ4n) is 3.05. The maximum Gasteiger partial charge on any atom is 0.338 e. The third-order valence-corrected chi connectivity index (χ3v) is 5.32. The third kappa shape index (κ3) is 4.81. The summed E-state index contributed by atoms with van der Waals surface area (Å²) < 4.78 is 55.6. The second-order valence-electron chi connectivity index (χ2n) is 6.54. The molecular formula is C19H18F2N2O6S. The summed E-state index contributed by atoms with van der Waals surface area (Å²) in [5, 5.41) is 11.6. The van der Waals surface area contributed by atoms with Gasteiger partial charge in [-0.05, 0) is 43.2 Å². The highest BCUT2D eigenvalue weighted by Gasteiger charge is 2.24. The number of halogens is 2. The van der Waals surface area contributed by atoms with Gasteiger partial charge in [0.05, 0.1) is 16.9 Å². The smallest absolute Gasteiger partial charge is 0.338 e. The number of carbonyl (C=O) groups is 2. The Balaban J connectivity index is 1.84. The maximum absolute atomic E-state index is 14.4. The van der Waals surface area contributed by atoms with E-state index in [1.807, 2.05) is 0 Å². The van der Waals surface area contributed by atoms with Crippen molar-refractivity contribution in [3.63, 3.8) is 0 Å². The van der Waals surface area contributed by atoms with Crippen LogP contribution in [-0.4, -0.2) is 39.0 Å². The lowest BCUT2D eigenvalue weighted by atomic mass is 9.99. The van der Waals surface area contributed by atoms with E-state index in [2.05, 4.69) is 5.32 Å². The predicted octanol–water partition coefficient (Wildman–Crippen LogP) is 3.30. The van der Waals surface area contributed by atoms with Gasteiger partial charge in [-0.25, -0.2) is 22.1 Å². The zero-order valence-electron chi connectivity index (χ0n) is 15.5. The van der Waals surface area contributed by atoms with Crippen molar-refractivity contribution in [2.24, 2.45) is 5.92 Å². The summed E-state index contributed by atoms with van der Waals surface area (Å²) in [6.07, 6.45) is 1.22. The van der Waals surface area contributed by atoms with Gasteiger partial charge < -0.3 is 15.2 Å². The number of aromatic carboxylic acids is 1. The number of ether oxygens (including phenoxy) is 1. The zero-order chi connectivity index (χ0) is 21.8. The normalized spacial score (nSPS) is 15.4. The van der Waals surface area contributed by atoms with Crippen LogP contribution in [0.4, 0.5) is 25.8 Å². The molecule has 1 aliphatic heterocycles. The van der Waals surface area contributed by atoms with Gasteiger partial charge in [0, 0.05) is 30.9 Å². The van der Waals surface area contributed by atoms with E-state index in [1.165, 1.54) is 24.3 Å². The molecule has 0 aliphatic carbocycles. The van der Waals surface area contributed by atoms with Crippen LogP contribution in [0, 0.1) is 17.6 Å². The van der Waals surface area contributed by atoms with Crippen molar-refractivity contribution in [1.82, 2.24) is 0 Å². The summed E-state index contributed by atoms with van der Waals surface area (Å²) in [6, 6.07) is 6.56. The second kappa shape index (κ2) is 9.28. The van der Waals surface area contributed by atoms with Gasteiger partial charge >= 0.3 is 5.97 Å². The highest BCUT2D eigenvalue weighted by molar-refractivity contribution is 7.81. The molecule has 1 amide bonds. The van der Waals surface area contributed by atoms with Gasteiger partial charge in [-0.15, -0.1) is 0 Å². The van der Waals surface area contributed by atoms with Crippen molar-refractivity contribution in [2.45, 2.75) is 12.8 Å². The van der Waals surface area contributed by atoms with Crippen LogP contribution in [0.25, 0.3) is 0 Å². The van der Waals surface area contributed by atoms with Crippen LogP contribution in [0.2, 0.25) is 0 Å². The average Bonchev–Trinajstić information content (AvgIpc) is 2.72. The van der Waals surface area contributed by atoms with Crippen LogP contribution < -0.4 is 9.62 Å². The largest absolute Gasteiger partial charge is 0.478 e. The number of hydrogen-bond acceptors (Lipinski definition) is 4. The van der Waals surface area contributed by atoms with Crippen LogP contribution in [0.5, 0.6) is 0 Å². The van der Waals surface area contributed by atoms with E-state index in [0.29, 0.717) is 48.2 Å². The van der Waals surface area contributed by atoms with Crippen molar-refractivity contribution in [1.29, 1.82) is 0 Å². The Morgan fingerprint density at radius 3 is 2.30 bits per heavy atom. The second-order valence-corrected chi connectivity index (χ2v) is 7.36. The third-order valence-electron chi connectivity index (χ3n) is 4.60. The molecule has 1 atom stereocenters. The number of hydrogen-bond donors (Lipinski definition) is 3. The first-order valence-corrected chi connectivity index (χ1v) is 9.96. The van der Waals surface area contributed by atoms with Gasteiger partial charge in [-0.2, -0.15) is 0 Å². The first-order chi connectivity index (χ1) is 14.3. The first kappa shape index (κ1) is 21.8. The number of carboxylic acid groups (broad SMARTS) is 1. The van der Waals surface area contributed by atoms with E-state index in [0.717, 1.165) is 0 Å². The number of anilines is 3. The van der Waals surface area contributed by atoms with E-state index in [1.54, 1.807) is 0 Å². The number of amides is 1. The topological polar surface area (TPSA) is 116 Å². The summed E-state index contributed by atoms with van der Waals surface area (Å²) in [7, 11) is 0. The van der Waals surface area contributed by atoms with Crippen LogP contribution in [-0.2, 0) is 20.8 Å². The van der Waals surface area contributed by atoms with Gasteiger partial charge in [0.25, 0.3) is 11.3 Å². The van der Waals surface area contributed by atoms with E-state index in [4.69, 9.17) is 9.84 Å². The Morgan fingerprint density at radius 2 is 1.73 bits per heavy atom. The Kier molecular flexibility index (Phi) is 6.75. The molecule has 1 saturated heterocycles. The fraction of sp³-hybridized carbons (Fsp3) is 0.263. The number of rotatable bonds is 6. The van der Waals surface area contributed by atoms with Crippen molar-refractivity contribution < 1.29 is 37.0 Å². The Labute approximate surface area is 172 Å². The summed E-state index contributed by atoms with van der Waals surface area (Å²) in [4.78, 5) is 23.2. The maximum atomic E-state index is 14.4. The molecule has 0 saturated carbocycles. The molecule has 0 bridgehead atoms. The van der Waals surface area contributed by atoms with Gasteiger partial charge in [-0.1, -0.05) is 0 Å². The molecule has 8 nitrogen and oxygen atoms in total. The lowest BCUT2D eigenvalue weighted by molar-refractivity contribution is -0.122. The summed E-state index contributed by atoms with van der Waals surface area (Å²) in [6.45, 7) is 1.02. The Hall–Kier alpha value is -2.89. The lowest BCUT2D eigenvalue weighted by Gasteiger charge is -2.22.